The molecular formula is C22H27NO3. The maximum Gasteiger partial charge on any atom is 0.119 e. The molecule has 4 rings (SSSR count). The van der Waals surface area contributed by atoms with Crippen molar-refractivity contribution >= 4 is 0 Å². The van der Waals surface area contributed by atoms with Crippen molar-refractivity contribution in [3.63, 3.8) is 0 Å². The molecule has 1 aliphatic heterocycles. The van der Waals surface area contributed by atoms with E-state index in [4.69, 9.17) is 9.47 Å². The van der Waals surface area contributed by atoms with Gasteiger partial charge in [0.05, 0.1) is 13.2 Å². The average Bonchev–Trinajstić information content (AvgIpc) is 3.06. The quantitative estimate of drug-likeness (QED) is 0.776. The maximum atomic E-state index is 10.2. The number of hydrogen-bond acceptors (Lipinski definition) is 4. The lowest BCUT2D eigenvalue weighted by Crippen LogP contribution is -2.39. The minimum atomic E-state index is 0.460. The lowest BCUT2D eigenvalue weighted by Gasteiger charge is -2.33. The van der Waals surface area contributed by atoms with Gasteiger partial charge < -0.3 is 14.6 Å². The van der Waals surface area contributed by atoms with Crippen molar-refractivity contribution in [2.24, 2.45) is 5.92 Å². The second-order valence-electron chi connectivity index (χ2n) is 7.25. The first-order valence-corrected chi connectivity index (χ1v) is 9.60. The van der Waals surface area contributed by atoms with E-state index in [0.29, 0.717) is 30.9 Å². The number of benzene rings is 2. The van der Waals surface area contributed by atoms with Crippen LogP contribution in [-0.4, -0.2) is 49.0 Å². The smallest absolute Gasteiger partial charge is 0.119 e. The molecule has 0 aromatic heterocycles. The van der Waals surface area contributed by atoms with Crippen LogP contribution < -0.4 is 4.74 Å². The van der Waals surface area contributed by atoms with Crippen LogP contribution in [0, 0.1) is 5.92 Å². The Labute approximate surface area is 155 Å². The monoisotopic (exact) mass is 353 g/mol. The molecule has 138 valence electrons. The highest BCUT2D eigenvalue weighted by Crippen LogP contribution is 2.38. The molecule has 1 heterocycles. The van der Waals surface area contributed by atoms with Gasteiger partial charge in [0.2, 0.25) is 0 Å². The zero-order chi connectivity index (χ0) is 17.8. The summed E-state index contributed by atoms with van der Waals surface area (Å²) in [6, 6.07) is 16.3. The predicted octanol–water partition coefficient (Wildman–Crippen LogP) is 3.28. The maximum absolute atomic E-state index is 10.2. The average molecular weight is 353 g/mol. The van der Waals surface area contributed by atoms with Crippen LogP contribution in [0.15, 0.2) is 48.5 Å². The third kappa shape index (κ3) is 3.87. The number of nitrogens with zero attached hydrogens (tertiary/aromatic N) is 1. The Hall–Kier alpha value is -2.04. The lowest BCUT2D eigenvalue weighted by molar-refractivity contribution is 0.0733. The first-order chi connectivity index (χ1) is 12.8. The minimum absolute atomic E-state index is 0.460. The zero-order valence-electron chi connectivity index (χ0n) is 15.1. The fourth-order valence-corrected chi connectivity index (χ4v) is 4.36. The molecular weight excluding hydrogens is 326 g/mol. The summed E-state index contributed by atoms with van der Waals surface area (Å²) >= 11 is 0. The van der Waals surface area contributed by atoms with Gasteiger partial charge in [0.25, 0.3) is 0 Å². The van der Waals surface area contributed by atoms with Gasteiger partial charge in [-0.2, -0.15) is 0 Å². The number of hydrogen-bond donors (Lipinski definition) is 1. The number of likely N-dealkylation sites (tertiary alicyclic amines) is 1. The molecule has 2 aromatic rings. The Bertz CT molecular complexity index is 719. The fraction of sp³-hybridized carbons (Fsp3) is 0.455. The van der Waals surface area contributed by atoms with Crippen LogP contribution in [0.4, 0.5) is 0 Å². The Morgan fingerprint density at radius 1 is 0.962 bits per heavy atom. The van der Waals surface area contributed by atoms with Crippen molar-refractivity contribution < 1.29 is 14.6 Å². The summed E-state index contributed by atoms with van der Waals surface area (Å²) in [5, 5.41) is 10.2. The largest absolute Gasteiger partial charge is 0.508 e. The van der Waals surface area contributed by atoms with E-state index in [-0.39, 0.29) is 0 Å². The molecule has 1 aliphatic carbocycles. The number of fused-ring (bicyclic) bond motifs is 2. The van der Waals surface area contributed by atoms with Crippen LogP contribution in [-0.2, 0) is 17.6 Å². The molecule has 4 heteroatoms. The lowest BCUT2D eigenvalue weighted by atomic mass is 9.80. The molecule has 1 saturated heterocycles. The normalized spacial score (nSPS) is 22.0. The van der Waals surface area contributed by atoms with Crippen molar-refractivity contribution in [3.05, 3.63) is 59.7 Å². The summed E-state index contributed by atoms with van der Waals surface area (Å²) < 4.78 is 11.4. The first-order valence-electron chi connectivity index (χ1n) is 9.60. The van der Waals surface area contributed by atoms with E-state index < -0.39 is 0 Å². The van der Waals surface area contributed by atoms with Gasteiger partial charge >= 0.3 is 0 Å². The Morgan fingerprint density at radius 3 is 2.73 bits per heavy atom. The van der Waals surface area contributed by atoms with Gasteiger partial charge in [-0.1, -0.05) is 30.3 Å². The van der Waals surface area contributed by atoms with Crippen LogP contribution >= 0.6 is 0 Å². The van der Waals surface area contributed by atoms with Crippen LogP contribution in [0.1, 0.15) is 17.5 Å². The summed E-state index contributed by atoms with van der Waals surface area (Å²) in [7, 11) is 0. The highest BCUT2D eigenvalue weighted by Gasteiger charge is 2.38. The second kappa shape index (κ2) is 8.11. The molecule has 0 bridgehead atoms. The highest BCUT2D eigenvalue weighted by atomic mass is 16.5. The summed E-state index contributed by atoms with van der Waals surface area (Å²) in [6.07, 6.45) is 3.30. The Balaban J connectivity index is 1.21. The van der Waals surface area contributed by atoms with Gasteiger partial charge in [0.1, 0.15) is 18.1 Å². The summed E-state index contributed by atoms with van der Waals surface area (Å²) in [5.74, 6) is 2.06. The third-order valence-corrected chi connectivity index (χ3v) is 5.71. The molecule has 0 radical (unpaired) electrons. The van der Waals surface area contributed by atoms with Crippen molar-refractivity contribution in [1.29, 1.82) is 0 Å². The molecule has 26 heavy (non-hydrogen) atoms. The van der Waals surface area contributed by atoms with Crippen molar-refractivity contribution in [3.8, 4) is 11.5 Å². The van der Waals surface area contributed by atoms with Gasteiger partial charge in [-0.15, -0.1) is 0 Å². The number of para-hydroxylation sites is 1. The Kier molecular flexibility index (Phi) is 5.42. The molecule has 2 atom stereocenters. The number of rotatable bonds is 7. The zero-order valence-corrected chi connectivity index (χ0v) is 15.1. The van der Waals surface area contributed by atoms with E-state index >= 15 is 0 Å². The molecule has 0 unspecified atom stereocenters. The van der Waals surface area contributed by atoms with E-state index in [1.807, 2.05) is 42.5 Å². The van der Waals surface area contributed by atoms with Gasteiger partial charge in [-0.3, -0.25) is 4.90 Å². The first kappa shape index (κ1) is 17.4. The topological polar surface area (TPSA) is 41.9 Å². The third-order valence-electron chi connectivity index (χ3n) is 5.71. The highest BCUT2D eigenvalue weighted by molar-refractivity contribution is 5.42. The number of ether oxygens (including phenoxy) is 2. The number of phenols is 1. The minimum Gasteiger partial charge on any atom is -0.508 e. The van der Waals surface area contributed by atoms with E-state index in [1.54, 1.807) is 0 Å². The summed E-state index contributed by atoms with van der Waals surface area (Å²) in [6.45, 7) is 4.01. The van der Waals surface area contributed by atoms with Crippen LogP contribution in [0.3, 0.4) is 0 Å². The summed E-state index contributed by atoms with van der Waals surface area (Å²) in [5.41, 5.74) is 2.49. The number of aromatic hydroxyl groups is 1. The molecule has 2 aromatic carbocycles. The molecule has 1 fully saturated rings. The molecule has 1 N–H and O–H groups in total. The SMILES string of the molecule is Oc1cccc2c1C[C@@H]1[C@@H](CCN1CCOCCOc1ccccc1)C2. The summed E-state index contributed by atoms with van der Waals surface area (Å²) in [4.78, 5) is 2.54. The second-order valence-corrected chi connectivity index (χ2v) is 7.25. The molecule has 4 nitrogen and oxygen atoms in total. The van der Waals surface area contributed by atoms with E-state index in [1.165, 1.54) is 12.0 Å². The van der Waals surface area contributed by atoms with Gasteiger partial charge in [0, 0.05) is 12.6 Å². The van der Waals surface area contributed by atoms with Gasteiger partial charge in [0.15, 0.2) is 0 Å². The van der Waals surface area contributed by atoms with Crippen LogP contribution in [0.5, 0.6) is 11.5 Å². The van der Waals surface area contributed by atoms with Crippen LogP contribution in [0.25, 0.3) is 0 Å². The van der Waals surface area contributed by atoms with Crippen molar-refractivity contribution in [2.75, 3.05) is 32.9 Å². The standard InChI is InChI=1S/C22H27NO3/c24-22-8-4-5-17-15-18-9-10-23(21(18)16-20(17)22)11-12-25-13-14-26-19-6-2-1-3-7-19/h1-8,18,21,24H,9-16H2/t18-,21+/m0/s1. The van der Waals surface area contributed by atoms with E-state index in [9.17, 15) is 5.11 Å². The van der Waals surface area contributed by atoms with E-state index in [2.05, 4.69) is 11.0 Å². The van der Waals surface area contributed by atoms with Gasteiger partial charge in [-0.05, 0) is 61.1 Å². The molecule has 2 aliphatic rings. The predicted molar refractivity (Wildman–Crippen MR) is 102 cm³/mol. The molecule has 0 saturated carbocycles. The molecule has 0 amide bonds. The fourth-order valence-electron chi connectivity index (χ4n) is 4.36. The molecule has 0 spiro atoms. The van der Waals surface area contributed by atoms with E-state index in [0.717, 1.165) is 43.9 Å². The van der Waals surface area contributed by atoms with Crippen LogP contribution in [0.2, 0.25) is 0 Å². The Morgan fingerprint density at radius 2 is 1.85 bits per heavy atom. The van der Waals surface area contributed by atoms with Crippen molar-refractivity contribution in [2.45, 2.75) is 25.3 Å². The van der Waals surface area contributed by atoms with Crippen molar-refractivity contribution in [1.82, 2.24) is 4.90 Å². The van der Waals surface area contributed by atoms with Gasteiger partial charge in [-0.25, -0.2) is 0 Å². The number of phenolic OH excluding ortho intramolecular Hbond substituents is 1.